The Labute approximate surface area is 150 Å². The number of hydrogen-bond acceptors (Lipinski definition) is 3. The van der Waals surface area contributed by atoms with E-state index in [0.717, 1.165) is 11.3 Å². The molecule has 0 fully saturated rings. The molecule has 0 saturated heterocycles. The summed E-state index contributed by atoms with van der Waals surface area (Å²) in [7, 11) is 0. The van der Waals surface area contributed by atoms with Gasteiger partial charge in [0.15, 0.2) is 6.61 Å². The summed E-state index contributed by atoms with van der Waals surface area (Å²) in [6.45, 7) is 8.75. The molecular formula is C21H27NO3. The second-order valence-corrected chi connectivity index (χ2v) is 6.60. The van der Waals surface area contributed by atoms with Gasteiger partial charge >= 0.3 is 0 Å². The lowest BCUT2D eigenvalue weighted by molar-refractivity contribution is -0.123. The van der Waals surface area contributed by atoms with E-state index in [1.807, 2.05) is 62.4 Å². The molecule has 0 unspecified atom stereocenters. The fraction of sp³-hybridized carbons (Fsp3) is 0.381. The number of nitrogens with one attached hydrogen (secondary N) is 1. The maximum Gasteiger partial charge on any atom is 0.258 e. The van der Waals surface area contributed by atoms with Gasteiger partial charge in [0.2, 0.25) is 0 Å². The van der Waals surface area contributed by atoms with Crippen LogP contribution in [-0.2, 0) is 11.3 Å². The van der Waals surface area contributed by atoms with E-state index in [4.69, 9.17) is 9.47 Å². The molecule has 2 aromatic rings. The molecule has 2 aromatic carbocycles. The topological polar surface area (TPSA) is 47.6 Å². The zero-order chi connectivity index (χ0) is 18.2. The molecule has 134 valence electrons. The van der Waals surface area contributed by atoms with Crippen LogP contribution in [0.2, 0.25) is 0 Å². The number of carbonyl (C=O) groups is 1. The SMILES string of the molecule is CC(C)Oc1ccc(CNC(=O)COc2ccc(C(C)C)cc2)cc1. The van der Waals surface area contributed by atoms with Gasteiger partial charge in [-0.3, -0.25) is 4.79 Å². The summed E-state index contributed by atoms with van der Waals surface area (Å²) in [5.74, 6) is 1.87. The zero-order valence-electron chi connectivity index (χ0n) is 15.4. The lowest BCUT2D eigenvalue weighted by Crippen LogP contribution is -2.28. The molecule has 4 heteroatoms. The standard InChI is InChI=1S/C21H27NO3/c1-15(2)18-7-11-19(12-8-18)24-14-21(23)22-13-17-5-9-20(10-6-17)25-16(3)4/h5-12,15-16H,13-14H2,1-4H3,(H,22,23). The van der Waals surface area contributed by atoms with Gasteiger partial charge in [-0.2, -0.15) is 0 Å². The first-order valence-electron chi connectivity index (χ1n) is 8.69. The Balaban J connectivity index is 1.75. The Morgan fingerprint density at radius 1 is 0.920 bits per heavy atom. The van der Waals surface area contributed by atoms with Crippen molar-refractivity contribution < 1.29 is 14.3 Å². The van der Waals surface area contributed by atoms with Gasteiger partial charge in [-0.25, -0.2) is 0 Å². The third kappa shape index (κ3) is 6.49. The molecule has 0 heterocycles. The van der Waals surface area contributed by atoms with Crippen LogP contribution in [0.4, 0.5) is 0 Å². The number of amides is 1. The van der Waals surface area contributed by atoms with Crippen molar-refractivity contribution in [1.82, 2.24) is 5.32 Å². The molecule has 2 rings (SSSR count). The van der Waals surface area contributed by atoms with E-state index in [9.17, 15) is 4.79 Å². The molecule has 25 heavy (non-hydrogen) atoms. The second-order valence-electron chi connectivity index (χ2n) is 6.60. The van der Waals surface area contributed by atoms with Crippen molar-refractivity contribution in [2.75, 3.05) is 6.61 Å². The molecule has 0 bridgehead atoms. The van der Waals surface area contributed by atoms with Gasteiger partial charge in [0.25, 0.3) is 5.91 Å². The van der Waals surface area contributed by atoms with E-state index in [2.05, 4.69) is 19.2 Å². The Morgan fingerprint density at radius 2 is 1.52 bits per heavy atom. The Bertz CT molecular complexity index is 661. The van der Waals surface area contributed by atoms with Crippen LogP contribution < -0.4 is 14.8 Å². The van der Waals surface area contributed by atoms with Crippen molar-refractivity contribution in [2.45, 2.75) is 46.3 Å². The molecule has 0 radical (unpaired) electrons. The van der Waals surface area contributed by atoms with Crippen molar-refractivity contribution in [2.24, 2.45) is 0 Å². The van der Waals surface area contributed by atoms with Crippen LogP contribution in [0, 0.1) is 0 Å². The Morgan fingerprint density at radius 3 is 2.08 bits per heavy atom. The van der Waals surface area contributed by atoms with Crippen LogP contribution in [0.1, 0.15) is 44.7 Å². The highest BCUT2D eigenvalue weighted by Gasteiger charge is 2.05. The molecule has 0 aliphatic heterocycles. The highest BCUT2D eigenvalue weighted by molar-refractivity contribution is 5.77. The van der Waals surface area contributed by atoms with Gasteiger partial charge in [-0.15, -0.1) is 0 Å². The van der Waals surface area contributed by atoms with Crippen LogP contribution in [0.5, 0.6) is 11.5 Å². The average Bonchev–Trinajstić information content (AvgIpc) is 2.59. The highest BCUT2D eigenvalue weighted by Crippen LogP contribution is 2.18. The quantitative estimate of drug-likeness (QED) is 0.779. The lowest BCUT2D eigenvalue weighted by atomic mass is 10.0. The lowest BCUT2D eigenvalue weighted by Gasteiger charge is -2.11. The van der Waals surface area contributed by atoms with Crippen LogP contribution in [0.3, 0.4) is 0 Å². The minimum Gasteiger partial charge on any atom is -0.491 e. The summed E-state index contributed by atoms with van der Waals surface area (Å²) in [6.07, 6.45) is 0.150. The van der Waals surface area contributed by atoms with E-state index < -0.39 is 0 Å². The predicted molar refractivity (Wildman–Crippen MR) is 100 cm³/mol. The summed E-state index contributed by atoms with van der Waals surface area (Å²) in [4.78, 5) is 11.9. The van der Waals surface area contributed by atoms with Crippen LogP contribution in [-0.4, -0.2) is 18.6 Å². The minimum atomic E-state index is -0.143. The number of benzene rings is 2. The van der Waals surface area contributed by atoms with Gasteiger partial charge in [0, 0.05) is 6.54 Å². The first kappa shape index (κ1) is 18.8. The van der Waals surface area contributed by atoms with E-state index >= 15 is 0 Å². The highest BCUT2D eigenvalue weighted by atomic mass is 16.5. The molecular weight excluding hydrogens is 314 g/mol. The zero-order valence-corrected chi connectivity index (χ0v) is 15.4. The summed E-state index contributed by atoms with van der Waals surface area (Å²) in [5, 5.41) is 2.85. The Kier molecular flexibility index (Phi) is 6.87. The molecule has 0 saturated carbocycles. The van der Waals surface area contributed by atoms with Crippen molar-refractivity contribution in [3.8, 4) is 11.5 Å². The molecule has 1 N–H and O–H groups in total. The second kappa shape index (κ2) is 9.11. The average molecular weight is 341 g/mol. The molecule has 1 amide bonds. The normalized spacial score (nSPS) is 10.8. The monoisotopic (exact) mass is 341 g/mol. The van der Waals surface area contributed by atoms with E-state index in [-0.39, 0.29) is 18.6 Å². The summed E-state index contributed by atoms with van der Waals surface area (Å²) < 4.78 is 11.1. The molecule has 0 aliphatic carbocycles. The van der Waals surface area contributed by atoms with Crippen molar-refractivity contribution in [3.05, 3.63) is 59.7 Å². The maximum atomic E-state index is 11.9. The summed E-state index contributed by atoms with van der Waals surface area (Å²) in [5.41, 5.74) is 2.27. The van der Waals surface area contributed by atoms with Gasteiger partial charge < -0.3 is 14.8 Å². The minimum absolute atomic E-state index is 0.00949. The number of rotatable bonds is 8. The van der Waals surface area contributed by atoms with Gasteiger partial charge in [-0.05, 0) is 55.2 Å². The fourth-order valence-corrected chi connectivity index (χ4v) is 2.31. The predicted octanol–water partition coefficient (Wildman–Crippen LogP) is 4.29. The third-order valence-electron chi connectivity index (χ3n) is 3.70. The molecule has 4 nitrogen and oxygen atoms in total. The first-order valence-corrected chi connectivity index (χ1v) is 8.69. The summed E-state index contributed by atoms with van der Waals surface area (Å²) in [6, 6.07) is 15.6. The molecule has 0 atom stereocenters. The fourth-order valence-electron chi connectivity index (χ4n) is 2.31. The van der Waals surface area contributed by atoms with Crippen molar-refractivity contribution in [1.29, 1.82) is 0 Å². The number of ether oxygens (including phenoxy) is 2. The van der Waals surface area contributed by atoms with Gasteiger partial charge in [0.1, 0.15) is 11.5 Å². The van der Waals surface area contributed by atoms with Crippen LogP contribution in [0.15, 0.2) is 48.5 Å². The van der Waals surface area contributed by atoms with Crippen molar-refractivity contribution in [3.63, 3.8) is 0 Å². The van der Waals surface area contributed by atoms with Gasteiger partial charge in [-0.1, -0.05) is 38.1 Å². The number of carbonyl (C=O) groups excluding carboxylic acids is 1. The van der Waals surface area contributed by atoms with Crippen molar-refractivity contribution >= 4 is 5.91 Å². The van der Waals surface area contributed by atoms with E-state index in [1.54, 1.807) is 0 Å². The largest absolute Gasteiger partial charge is 0.491 e. The smallest absolute Gasteiger partial charge is 0.258 e. The Hall–Kier alpha value is -2.49. The number of hydrogen-bond donors (Lipinski definition) is 1. The van der Waals surface area contributed by atoms with E-state index in [1.165, 1.54) is 5.56 Å². The first-order chi connectivity index (χ1) is 11.9. The summed E-state index contributed by atoms with van der Waals surface area (Å²) >= 11 is 0. The molecule has 0 aliphatic rings. The van der Waals surface area contributed by atoms with E-state index in [0.29, 0.717) is 18.2 Å². The van der Waals surface area contributed by atoms with Crippen LogP contribution >= 0.6 is 0 Å². The molecule has 0 spiro atoms. The maximum absolute atomic E-state index is 11.9. The molecule has 0 aromatic heterocycles. The van der Waals surface area contributed by atoms with Gasteiger partial charge in [0.05, 0.1) is 6.10 Å². The van der Waals surface area contributed by atoms with Crippen LogP contribution in [0.25, 0.3) is 0 Å². The third-order valence-corrected chi connectivity index (χ3v) is 3.70.